The molecule has 3 aromatic rings. The van der Waals surface area contributed by atoms with E-state index in [1.54, 1.807) is 12.1 Å². The summed E-state index contributed by atoms with van der Waals surface area (Å²) in [5.41, 5.74) is 1.37. The Morgan fingerprint density at radius 3 is 1.79 bits per heavy atom. The Balaban J connectivity index is 0.000000221. The van der Waals surface area contributed by atoms with Gasteiger partial charge in [-0.2, -0.15) is 18.6 Å². The lowest BCUT2D eigenvalue weighted by Gasteiger charge is -1.94. The van der Waals surface area contributed by atoms with Crippen LogP contribution in [0.15, 0.2) is 94.0 Å². The second kappa shape index (κ2) is 9.70. The molecule has 0 saturated heterocycles. The first-order chi connectivity index (χ1) is 13.3. The molecule has 28 heavy (non-hydrogen) atoms. The summed E-state index contributed by atoms with van der Waals surface area (Å²) in [7, 11) is -4.08. The SMILES string of the molecule is O=S(=O)(O)c1ccc(Cl)cc1.O=[N+]([O-])c1ccc(N=Nc2ccccc2)cc1. The average Bonchev–Trinajstić information content (AvgIpc) is 2.68. The molecule has 0 aliphatic heterocycles. The lowest BCUT2D eigenvalue weighted by atomic mass is 10.3. The van der Waals surface area contributed by atoms with E-state index >= 15 is 0 Å². The number of hydrogen-bond donors (Lipinski definition) is 1. The molecule has 0 bridgehead atoms. The van der Waals surface area contributed by atoms with Gasteiger partial charge in [-0.1, -0.05) is 29.8 Å². The fourth-order valence-electron chi connectivity index (χ4n) is 1.86. The molecule has 8 nitrogen and oxygen atoms in total. The van der Waals surface area contributed by atoms with Gasteiger partial charge in [-0.3, -0.25) is 14.7 Å². The molecule has 0 aromatic heterocycles. The van der Waals surface area contributed by atoms with Crippen molar-refractivity contribution in [3.8, 4) is 0 Å². The zero-order valence-corrected chi connectivity index (χ0v) is 15.8. The topological polar surface area (TPSA) is 122 Å². The quantitative estimate of drug-likeness (QED) is 0.255. The van der Waals surface area contributed by atoms with Crippen molar-refractivity contribution >= 4 is 38.8 Å². The molecule has 0 atom stereocenters. The predicted octanol–water partition coefficient (Wildman–Crippen LogP) is 5.60. The van der Waals surface area contributed by atoms with Crippen LogP contribution < -0.4 is 0 Å². The molecule has 10 heteroatoms. The van der Waals surface area contributed by atoms with E-state index in [0.717, 1.165) is 5.69 Å². The molecule has 3 rings (SSSR count). The molecule has 0 saturated carbocycles. The maximum absolute atomic E-state index is 10.5. The average molecular weight is 420 g/mol. The largest absolute Gasteiger partial charge is 0.294 e. The number of nitro benzene ring substituents is 1. The minimum Gasteiger partial charge on any atom is -0.282 e. The van der Waals surface area contributed by atoms with E-state index in [9.17, 15) is 18.5 Å². The number of azo groups is 1. The third kappa shape index (κ3) is 6.88. The molecule has 3 aromatic carbocycles. The molecule has 0 heterocycles. The fraction of sp³-hybridized carbons (Fsp3) is 0. The summed E-state index contributed by atoms with van der Waals surface area (Å²) < 4.78 is 29.4. The van der Waals surface area contributed by atoms with E-state index in [1.807, 2.05) is 30.3 Å². The highest BCUT2D eigenvalue weighted by atomic mass is 35.5. The smallest absolute Gasteiger partial charge is 0.282 e. The van der Waals surface area contributed by atoms with Crippen molar-refractivity contribution in [1.29, 1.82) is 0 Å². The van der Waals surface area contributed by atoms with Crippen LogP contribution in [0.4, 0.5) is 17.1 Å². The highest BCUT2D eigenvalue weighted by Crippen LogP contribution is 2.20. The van der Waals surface area contributed by atoms with Crippen LogP contribution >= 0.6 is 11.6 Å². The van der Waals surface area contributed by atoms with E-state index in [0.29, 0.717) is 10.7 Å². The molecule has 0 unspecified atom stereocenters. The van der Waals surface area contributed by atoms with Crippen LogP contribution in [-0.4, -0.2) is 17.9 Å². The first-order valence-corrected chi connectivity index (χ1v) is 9.52. The number of halogens is 1. The van der Waals surface area contributed by atoms with Crippen LogP contribution in [0, 0.1) is 10.1 Å². The number of hydrogen-bond acceptors (Lipinski definition) is 6. The Kier molecular flexibility index (Phi) is 7.33. The van der Waals surface area contributed by atoms with Crippen LogP contribution in [-0.2, 0) is 10.1 Å². The summed E-state index contributed by atoms with van der Waals surface area (Å²) in [5, 5.41) is 18.9. The van der Waals surface area contributed by atoms with Gasteiger partial charge in [-0.25, -0.2) is 0 Å². The molecule has 1 N–H and O–H groups in total. The Hall–Kier alpha value is -3.14. The van der Waals surface area contributed by atoms with Crippen LogP contribution in [0.1, 0.15) is 0 Å². The Morgan fingerprint density at radius 2 is 1.32 bits per heavy atom. The summed E-state index contributed by atoms with van der Waals surface area (Å²) in [6.45, 7) is 0. The summed E-state index contributed by atoms with van der Waals surface area (Å²) in [5.74, 6) is 0. The highest BCUT2D eigenvalue weighted by molar-refractivity contribution is 7.85. The summed E-state index contributed by atoms with van der Waals surface area (Å²) >= 11 is 5.49. The van der Waals surface area contributed by atoms with Crippen molar-refractivity contribution in [3.63, 3.8) is 0 Å². The Labute approximate surface area is 166 Å². The van der Waals surface area contributed by atoms with Crippen LogP contribution in [0.25, 0.3) is 0 Å². The maximum atomic E-state index is 10.5. The first-order valence-electron chi connectivity index (χ1n) is 7.70. The van der Waals surface area contributed by atoms with Crippen molar-refractivity contribution < 1.29 is 17.9 Å². The third-order valence-corrected chi connectivity index (χ3v) is 4.33. The molecule has 0 aliphatic carbocycles. The van der Waals surface area contributed by atoms with Gasteiger partial charge < -0.3 is 0 Å². The number of nitrogens with zero attached hydrogens (tertiary/aromatic N) is 3. The highest BCUT2D eigenvalue weighted by Gasteiger charge is 2.07. The van der Waals surface area contributed by atoms with Crippen molar-refractivity contribution in [1.82, 2.24) is 0 Å². The van der Waals surface area contributed by atoms with Crippen molar-refractivity contribution in [2.24, 2.45) is 10.2 Å². The van der Waals surface area contributed by atoms with Crippen molar-refractivity contribution in [2.45, 2.75) is 4.90 Å². The number of nitro groups is 1. The molecular weight excluding hydrogens is 406 g/mol. The number of non-ortho nitro benzene ring substituents is 1. The molecule has 0 fully saturated rings. The molecular formula is C18H14ClN3O5S. The minimum atomic E-state index is -4.08. The zero-order chi connectivity index (χ0) is 20.6. The van der Waals surface area contributed by atoms with Gasteiger partial charge in [0, 0.05) is 17.2 Å². The third-order valence-electron chi connectivity index (χ3n) is 3.21. The molecule has 0 amide bonds. The van der Waals surface area contributed by atoms with Gasteiger partial charge in [0.1, 0.15) is 0 Å². The second-order valence-electron chi connectivity index (χ2n) is 5.24. The normalized spacial score (nSPS) is 10.9. The van der Waals surface area contributed by atoms with E-state index in [1.165, 1.54) is 36.4 Å². The van der Waals surface area contributed by atoms with Crippen LogP contribution in [0.5, 0.6) is 0 Å². The van der Waals surface area contributed by atoms with Gasteiger partial charge in [0.05, 0.1) is 21.2 Å². The Bertz CT molecular complexity index is 1050. The monoisotopic (exact) mass is 419 g/mol. The number of benzene rings is 3. The maximum Gasteiger partial charge on any atom is 0.294 e. The van der Waals surface area contributed by atoms with Gasteiger partial charge in [0.15, 0.2) is 0 Å². The van der Waals surface area contributed by atoms with Gasteiger partial charge in [-0.15, -0.1) is 0 Å². The van der Waals surface area contributed by atoms with Gasteiger partial charge >= 0.3 is 0 Å². The van der Waals surface area contributed by atoms with E-state index in [-0.39, 0.29) is 10.6 Å². The first kappa shape index (κ1) is 21.2. The molecule has 144 valence electrons. The van der Waals surface area contributed by atoms with Gasteiger partial charge in [0.2, 0.25) is 0 Å². The van der Waals surface area contributed by atoms with Crippen molar-refractivity contribution in [2.75, 3.05) is 0 Å². The second-order valence-corrected chi connectivity index (χ2v) is 7.10. The standard InChI is InChI=1S/C12H9N3O2.C6H5ClO3S/c16-15(17)12-8-6-11(7-9-12)14-13-10-4-2-1-3-5-10;7-5-1-3-6(4-2-5)11(8,9)10/h1-9H;1-4H,(H,8,9,10). The van der Waals surface area contributed by atoms with Crippen molar-refractivity contribution in [3.05, 3.63) is 94.0 Å². The van der Waals surface area contributed by atoms with Gasteiger partial charge in [-0.05, 0) is 48.5 Å². The van der Waals surface area contributed by atoms with Gasteiger partial charge in [0.25, 0.3) is 15.8 Å². The van der Waals surface area contributed by atoms with Crippen LogP contribution in [0.2, 0.25) is 5.02 Å². The van der Waals surface area contributed by atoms with Crippen LogP contribution in [0.3, 0.4) is 0 Å². The molecule has 0 radical (unpaired) electrons. The zero-order valence-electron chi connectivity index (χ0n) is 14.2. The lowest BCUT2D eigenvalue weighted by Crippen LogP contribution is -1.96. The van der Waals surface area contributed by atoms with E-state index in [2.05, 4.69) is 10.2 Å². The Morgan fingerprint density at radius 1 is 0.821 bits per heavy atom. The van der Waals surface area contributed by atoms with E-state index < -0.39 is 15.0 Å². The molecule has 0 spiro atoms. The minimum absolute atomic E-state index is 0.0451. The summed E-state index contributed by atoms with van der Waals surface area (Å²) in [6, 6.07) is 20.5. The summed E-state index contributed by atoms with van der Waals surface area (Å²) in [6.07, 6.45) is 0. The fourth-order valence-corrected chi connectivity index (χ4v) is 2.46. The summed E-state index contributed by atoms with van der Waals surface area (Å²) in [4.78, 5) is 9.85. The molecule has 0 aliphatic rings. The van der Waals surface area contributed by atoms with E-state index in [4.69, 9.17) is 16.2 Å². The number of rotatable bonds is 4. The predicted molar refractivity (Wildman–Crippen MR) is 105 cm³/mol. The lowest BCUT2D eigenvalue weighted by molar-refractivity contribution is -0.384.